The first-order chi connectivity index (χ1) is 5.09. The van der Waals surface area contributed by atoms with E-state index in [4.69, 9.17) is 15.3 Å². The Labute approximate surface area is 84.0 Å². The summed E-state index contributed by atoms with van der Waals surface area (Å²) < 4.78 is 0. The second-order valence-corrected chi connectivity index (χ2v) is 2.04. The molecule has 0 unspecified atom stereocenters. The quantitative estimate of drug-likeness (QED) is 0.654. The normalized spacial score (nSPS) is 8.67. The van der Waals surface area contributed by atoms with Crippen LogP contribution >= 0.6 is 0 Å². The van der Waals surface area contributed by atoms with Gasteiger partial charge in [0.15, 0.2) is 0 Å². The summed E-state index contributed by atoms with van der Waals surface area (Å²) in [7, 11) is 0. The zero-order valence-corrected chi connectivity index (χ0v) is 7.27. The van der Waals surface area contributed by atoms with Crippen LogP contribution in [0.4, 0.5) is 0 Å². The van der Waals surface area contributed by atoms with Crippen LogP contribution in [0, 0.1) is 0 Å². The minimum absolute atomic E-state index is 0. The summed E-state index contributed by atoms with van der Waals surface area (Å²) in [5.41, 5.74) is -0.137. The Morgan fingerprint density at radius 2 is 1.50 bits per heavy atom. The molecule has 1 aromatic rings. The summed E-state index contributed by atoms with van der Waals surface area (Å²) in [4.78, 5) is 10.3. The molecule has 1 aromatic carbocycles. The van der Waals surface area contributed by atoms with Crippen molar-refractivity contribution in [2.45, 2.75) is 0 Å². The number of aromatic carboxylic acids is 1. The van der Waals surface area contributed by atoms with Crippen molar-refractivity contribution in [3.63, 3.8) is 0 Å². The Hall–Kier alpha value is -0.970. The Bertz CT molecular complexity index is 277. The minimum atomic E-state index is -1.18. The number of aromatic hydroxyl groups is 2. The van der Waals surface area contributed by atoms with Gasteiger partial charge in [-0.1, -0.05) is 0 Å². The summed E-state index contributed by atoms with van der Waals surface area (Å²) in [6.45, 7) is 0. The molecule has 1 rings (SSSR count). The van der Waals surface area contributed by atoms with Crippen molar-refractivity contribution >= 4 is 5.97 Å². The maximum Gasteiger partial charge on any atom is 0.335 e. The molecular formula is C7H6AgO4. The standard InChI is InChI=1S/C7H6O4.Ag/c8-5-1-4(7(10)11)2-6(9)3-5;/h1-3,8-9H,(H,10,11);. The fourth-order valence-electron chi connectivity index (χ4n) is 0.719. The molecule has 0 saturated carbocycles. The first-order valence-electron chi connectivity index (χ1n) is 2.86. The van der Waals surface area contributed by atoms with Crippen LogP contribution in [0.15, 0.2) is 18.2 Å². The van der Waals surface area contributed by atoms with E-state index in [2.05, 4.69) is 0 Å². The van der Waals surface area contributed by atoms with Crippen LogP contribution < -0.4 is 0 Å². The second kappa shape index (κ2) is 4.16. The number of carboxylic acid groups (broad SMARTS) is 1. The Balaban J connectivity index is 0.00000121. The van der Waals surface area contributed by atoms with Gasteiger partial charge < -0.3 is 15.3 Å². The Morgan fingerprint density at radius 3 is 1.83 bits per heavy atom. The van der Waals surface area contributed by atoms with Gasteiger partial charge in [-0.15, -0.1) is 0 Å². The van der Waals surface area contributed by atoms with Gasteiger partial charge in [-0.05, 0) is 12.1 Å². The number of phenolic OH excluding ortho intramolecular Hbond substituents is 2. The molecule has 0 spiro atoms. The van der Waals surface area contributed by atoms with E-state index in [1.165, 1.54) is 0 Å². The topological polar surface area (TPSA) is 77.8 Å². The van der Waals surface area contributed by atoms with Gasteiger partial charge in [-0.3, -0.25) is 0 Å². The molecule has 0 saturated heterocycles. The molecule has 3 N–H and O–H groups in total. The number of benzene rings is 1. The molecule has 1 radical (unpaired) electrons. The van der Waals surface area contributed by atoms with Crippen molar-refractivity contribution in [1.82, 2.24) is 0 Å². The first kappa shape index (κ1) is 11.0. The van der Waals surface area contributed by atoms with E-state index in [-0.39, 0.29) is 39.4 Å². The minimum Gasteiger partial charge on any atom is -0.508 e. The van der Waals surface area contributed by atoms with Crippen molar-refractivity contribution in [1.29, 1.82) is 0 Å². The number of hydrogen-bond acceptors (Lipinski definition) is 3. The molecule has 4 nitrogen and oxygen atoms in total. The van der Waals surface area contributed by atoms with Gasteiger partial charge in [-0.25, -0.2) is 4.79 Å². The van der Waals surface area contributed by atoms with Gasteiger partial charge in [0.05, 0.1) is 5.56 Å². The molecule has 12 heavy (non-hydrogen) atoms. The predicted molar refractivity (Wildman–Crippen MR) is 36.7 cm³/mol. The fraction of sp³-hybridized carbons (Fsp3) is 0. The van der Waals surface area contributed by atoms with E-state index in [1.807, 2.05) is 0 Å². The summed E-state index contributed by atoms with van der Waals surface area (Å²) in [5.74, 6) is -1.71. The van der Waals surface area contributed by atoms with Crippen molar-refractivity contribution < 1.29 is 42.5 Å². The fourth-order valence-corrected chi connectivity index (χ4v) is 0.719. The van der Waals surface area contributed by atoms with E-state index in [0.29, 0.717) is 0 Å². The molecule has 0 fully saturated rings. The molecule has 0 bridgehead atoms. The summed E-state index contributed by atoms with van der Waals surface area (Å²) in [6, 6.07) is 3.18. The SMILES string of the molecule is O=C(O)c1cc(O)cc(O)c1.[Ag]. The van der Waals surface area contributed by atoms with E-state index >= 15 is 0 Å². The second-order valence-electron chi connectivity index (χ2n) is 2.04. The summed E-state index contributed by atoms with van der Waals surface area (Å²) >= 11 is 0. The molecule has 0 heterocycles. The van der Waals surface area contributed by atoms with Gasteiger partial charge >= 0.3 is 5.97 Å². The number of hydrogen-bond donors (Lipinski definition) is 3. The first-order valence-corrected chi connectivity index (χ1v) is 2.86. The van der Waals surface area contributed by atoms with E-state index < -0.39 is 5.97 Å². The van der Waals surface area contributed by atoms with Gasteiger partial charge in [0.2, 0.25) is 0 Å². The van der Waals surface area contributed by atoms with Gasteiger partial charge in [-0.2, -0.15) is 0 Å². The maximum atomic E-state index is 10.3. The van der Waals surface area contributed by atoms with Crippen molar-refractivity contribution in [3.05, 3.63) is 23.8 Å². The van der Waals surface area contributed by atoms with Crippen molar-refractivity contribution in [2.24, 2.45) is 0 Å². The molecule has 69 valence electrons. The number of carboxylic acids is 1. The molecule has 0 aromatic heterocycles. The van der Waals surface area contributed by atoms with Crippen LogP contribution in [0.5, 0.6) is 11.5 Å². The van der Waals surface area contributed by atoms with Crippen LogP contribution in [0.3, 0.4) is 0 Å². The molecule has 5 heteroatoms. The smallest absolute Gasteiger partial charge is 0.335 e. The third-order valence-corrected chi connectivity index (χ3v) is 1.15. The predicted octanol–water partition coefficient (Wildman–Crippen LogP) is 0.793. The Morgan fingerprint density at radius 1 is 1.08 bits per heavy atom. The van der Waals surface area contributed by atoms with Crippen molar-refractivity contribution in [3.8, 4) is 11.5 Å². The van der Waals surface area contributed by atoms with Crippen LogP contribution in [-0.2, 0) is 22.4 Å². The molecule has 0 aliphatic heterocycles. The average molecular weight is 262 g/mol. The van der Waals surface area contributed by atoms with E-state index in [0.717, 1.165) is 18.2 Å². The van der Waals surface area contributed by atoms with Crippen LogP contribution in [0.2, 0.25) is 0 Å². The molecule has 0 atom stereocenters. The maximum absolute atomic E-state index is 10.3. The summed E-state index contributed by atoms with van der Waals surface area (Å²) in [6.07, 6.45) is 0. The number of rotatable bonds is 1. The van der Waals surface area contributed by atoms with Crippen molar-refractivity contribution in [2.75, 3.05) is 0 Å². The molecule has 0 aliphatic carbocycles. The van der Waals surface area contributed by atoms with E-state index in [9.17, 15) is 4.79 Å². The molecule has 0 aliphatic rings. The van der Waals surface area contributed by atoms with Gasteiger partial charge in [0.25, 0.3) is 0 Å². The van der Waals surface area contributed by atoms with Gasteiger partial charge in [0.1, 0.15) is 11.5 Å². The van der Waals surface area contributed by atoms with E-state index in [1.54, 1.807) is 0 Å². The average Bonchev–Trinajstić information content (AvgIpc) is 1.85. The zero-order chi connectivity index (χ0) is 8.43. The Kier molecular flexibility index (Phi) is 3.82. The zero-order valence-electron chi connectivity index (χ0n) is 5.78. The van der Waals surface area contributed by atoms with Crippen LogP contribution in [-0.4, -0.2) is 21.3 Å². The third kappa shape index (κ3) is 2.58. The third-order valence-electron chi connectivity index (χ3n) is 1.15. The number of carbonyl (C=O) groups is 1. The monoisotopic (exact) mass is 261 g/mol. The van der Waals surface area contributed by atoms with Crippen LogP contribution in [0.1, 0.15) is 10.4 Å². The largest absolute Gasteiger partial charge is 0.508 e. The summed E-state index contributed by atoms with van der Waals surface area (Å²) in [5, 5.41) is 26.1. The van der Waals surface area contributed by atoms with Gasteiger partial charge in [0, 0.05) is 28.4 Å². The van der Waals surface area contributed by atoms with Crippen LogP contribution in [0.25, 0.3) is 0 Å². The molecular weight excluding hydrogens is 256 g/mol. The molecule has 0 amide bonds. The number of phenols is 2.